The molecule has 0 saturated heterocycles. The van der Waals surface area contributed by atoms with Gasteiger partial charge >= 0.3 is 0 Å². The Morgan fingerprint density at radius 1 is 1.50 bits per heavy atom. The molecule has 1 rings (SSSR count). The summed E-state index contributed by atoms with van der Waals surface area (Å²) in [6.07, 6.45) is 5.12. The number of rotatable bonds is 4. The Morgan fingerprint density at radius 3 is 3.00 bits per heavy atom. The van der Waals surface area contributed by atoms with Crippen LogP contribution in [0.3, 0.4) is 0 Å². The maximum atomic E-state index is 5.87. The number of nitrogen functional groups attached to an aromatic ring is 1. The summed E-state index contributed by atoms with van der Waals surface area (Å²) >= 11 is 5.87. The van der Waals surface area contributed by atoms with Crippen molar-refractivity contribution in [1.29, 1.82) is 0 Å². The monoisotopic (exact) mass is 210 g/mol. The summed E-state index contributed by atoms with van der Waals surface area (Å²) < 4.78 is 0. The second kappa shape index (κ2) is 5.55. The minimum atomic E-state index is 0.598. The van der Waals surface area contributed by atoms with E-state index < -0.39 is 0 Å². The van der Waals surface area contributed by atoms with E-state index in [4.69, 9.17) is 17.3 Å². The van der Waals surface area contributed by atoms with Gasteiger partial charge in [0.15, 0.2) is 0 Å². The molecule has 0 radical (unpaired) electrons. The van der Waals surface area contributed by atoms with Gasteiger partial charge in [0, 0.05) is 6.54 Å². The average molecular weight is 211 g/mol. The fraction of sp³-hybridized carbons (Fsp3) is 0.273. The van der Waals surface area contributed by atoms with E-state index in [9.17, 15) is 0 Å². The first-order valence-electron chi connectivity index (χ1n) is 4.64. The van der Waals surface area contributed by atoms with Gasteiger partial charge in [-0.3, -0.25) is 0 Å². The summed E-state index contributed by atoms with van der Waals surface area (Å²) in [5.74, 6) is 0. The number of hydrogen-bond donors (Lipinski definition) is 2. The Morgan fingerprint density at radius 2 is 2.29 bits per heavy atom. The van der Waals surface area contributed by atoms with Crippen LogP contribution in [0.4, 0.5) is 11.4 Å². The standard InChI is InChI=1S/C11H15ClN2/c1-2-3-4-8-14-10-7-5-6-9(12)11(10)13/h2-3,5-7,14H,4,8,13H2,1H3/b3-2+. The first kappa shape index (κ1) is 10.9. The summed E-state index contributed by atoms with van der Waals surface area (Å²) in [6.45, 7) is 2.88. The van der Waals surface area contributed by atoms with Crippen molar-refractivity contribution in [3.8, 4) is 0 Å². The van der Waals surface area contributed by atoms with Crippen LogP contribution in [0.25, 0.3) is 0 Å². The number of hydrogen-bond acceptors (Lipinski definition) is 2. The van der Waals surface area contributed by atoms with Crippen LogP contribution in [0.2, 0.25) is 5.02 Å². The zero-order valence-corrected chi connectivity index (χ0v) is 9.01. The molecule has 0 atom stereocenters. The highest BCUT2D eigenvalue weighted by atomic mass is 35.5. The molecule has 1 aromatic carbocycles. The highest BCUT2D eigenvalue weighted by Gasteiger charge is 2.00. The fourth-order valence-electron chi connectivity index (χ4n) is 1.15. The van der Waals surface area contributed by atoms with Crippen molar-refractivity contribution in [3.63, 3.8) is 0 Å². The van der Waals surface area contributed by atoms with Crippen molar-refractivity contribution in [2.24, 2.45) is 0 Å². The zero-order chi connectivity index (χ0) is 10.4. The minimum absolute atomic E-state index is 0.598. The molecule has 0 bridgehead atoms. The van der Waals surface area contributed by atoms with Crippen LogP contribution in [0, 0.1) is 0 Å². The maximum absolute atomic E-state index is 5.87. The molecule has 0 aliphatic rings. The van der Waals surface area contributed by atoms with Crippen molar-refractivity contribution < 1.29 is 0 Å². The molecule has 0 amide bonds. The Labute approximate surface area is 89.8 Å². The number of para-hydroxylation sites is 1. The number of halogens is 1. The number of nitrogens with two attached hydrogens (primary N) is 1. The summed E-state index contributed by atoms with van der Waals surface area (Å²) in [5.41, 5.74) is 7.31. The van der Waals surface area contributed by atoms with E-state index in [0.717, 1.165) is 18.7 Å². The maximum Gasteiger partial charge on any atom is 0.0739 e. The van der Waals surface area contributed by atoms with Gasteiger partial charge < -0.3 is 11.1 Å². The van der Waals surface area contributed by atoms with E-state index >= 15 is 0 Å². The van der Waals surface area contributed by atoms with Crippen molar-refractivity contribution >= 4 is 23.0 Å². The largest absolute Gasteiger partial charge is 0.396 e. The van der Waals surface area contributed by atoms with Crippen LogP contribution in [0.1, 0.15) is 13.3 Å². The smallest absolute Gasteiger partial charge is 0.0739 e. The Kier molecular flexibility index (Phi) is 4.33. The molecule has 14 heavy (non-hydrogen) atoms. The predicted octanol–water partition coefficient (Wildman–Crippen LogP) is 3.30. The van der Waals surface area contributed by atoms with Gasteiger partial charge in [0.2, 0.25) is 0 Å². The van der Waals surface area contributed by atoms with E-state index in [1.807, 2.05) is 25.1 Å². The summed E-state index contributed by atoms with van der Waals surface area (Å²) in [5, 5.41) is 3.83. The molecular weight excluding hydrogens is 196 g/mol. The lowest BCUT2D eigenvalue weighted by Gasteiger charge is -2.08. The van der Waals surface area contributed by atoms with Crippen LogP contribution in [0.5, 0.6) is 0 Å². The quantitative estimate of drug-likeness (QED) is 0.455. The molecule has 3 heteroatoms. The number of nitrogens with one attached hydrogen (secondary N) is 1. The van der Waals surface area contributed by atoms with Crippen LogP contribution in [-0.4, -0.2) is 6.54 Å². The molecule has 0 aliphatic carbocycles. The van der Waals surface area contributed by atoms with Crippen LogP contribution in [-0.2, 0) is 0 Å². The lowest BCUT2D eigenvalue weighted by atomic mass is 10.2. The molecule has 1 aromatic rings. The van der Waals surface area contributed by atoms with Gasteiger partial charge in [-0.1, -0.05) is 29.8 Å². The van der Waals surface area contributed by atoms with Crippen molar-refractivity contribution in [2.45, 2.75) is 13.3 Å². The van der Waals surface area contributed by atoms with Crippen LogP contribution >= 0.6 is 11.6 Å². The van der Waals surface area contributed by atoms with Gasteiger partial charge in [-0.2, -0.15) is 0 Å². The second-order valence-corrected chi connectivity index (χ2v) is 3.39. The molecule has 0 saturated carbocycles. The predicted molar refractivity (Wildman–Crippen MR) is 63.8 cm³/mol. The van der Waals surface area contributed by atoms with Crippen molar-refractivity contribution in [1.82, 2.24) is 0 Å². The third-order valence-corrected chi connectivity index (χ3v) is 2.24. The zero-order valence-electron chi connectivity index (χ0n) is 8.26. The van der Waals surface area contributed by atoms with Crippen LogP contribution in [0.15, 0.2) is 30.4 Å². The molecular formula is C11H15ClN2. The average Bonchev–Trinajstić information content (AvgIpc) is 2.19. The van der Waals surface area contributed by atoms with Gasteiger partial charge in [0.05, 0.1) is 16.4 Å². The van der Waals surface area contributed by atoms with Crippen molar-refractivity contribution in [3.05, 3.63) is 35.4 Å². The third-order valence-electron chi connectivity index (χ3n) is 1.92. The molecule has 0 spiro atoms. The normalized spacial score (nSPS) is 10.7. The fourth-order valence-corrected chi connectivity index (χ4v) is 1.32. The van der Waals surface area contributed by atoms with Gasteiger partial charge in [0.25, 0.3) is 0 Å². The highest BCUT2D eigenvalue weighted by molar-refractivity contribution is 6.33. The lowest BCUT2D eigenvalue weighted by Crippen LogP contribution is -2.03. The van der Waals surface area contributed by atoms with Gasteiger partial charge in [-0.25, -0.2) is 0 Å². The highest BCUT2D eigenvalue weighted by Crippen LogP contribution is 2.26. The molecule has 0 aromatic heterocycles. The van der Waals surface area contributed by atoms with Gasteiger partial charge in [0.1, 0.15) is 0 Å². The van der Waals surface area contributed by atoms with Gasteiger partial charge in [-0.15, -0.1) is 0 Å². The van der Waals surface area contributed by atoms with E-state index in [0.29, 0.717) is 10.7 Å². The van der Waals surface area contributed by atoms with E-state index in [2.05, 4.69) is 11.4 Å². The number of anilines is 2. The SMILES string of the molecule is C/C=C/CCNc1cccc(Cl)c1N. The molecule has 0 unspecified atom stereocenters. The molecule has 0 fully saturated rings. The third kappa shape index (κ3) is 2.96. The molecule has 0 aliphatic heterocycles. The first-order chi connectivity index (χ1) is 6.75. The minimum Gasteiger partial charge on any atom is -0.396 e. The van der Waals surface area contributed by atoms with Gasteiger partial charge in [-0.05, 0) is 25.5 Å². The number of benzene rings is 1. The van der Waals surface area contributed by atoms with Crippen LogP contribution < -0.4 is 11.1 Å². The van der Waals surface area contributed by atoms with E-state index in [-0.39, 0.29) is 0 Å². The Balaban J connectivity index is 2.54. The lowest BCUT2D eigenvalue weighted by molar-refractivity contribution is 1.07. The Bertz CT molecular complexity index is 321. The Hall–Kier alpha value is -1.15. The number of allylic oxidation sites excluding steroid dienone is 1. The second-order valence-electron chi connectivity index (χ2n) is 2.99. The molecule has 2 nitrogen and oxygen atoms in total. The summed E-state index contributed by atoms with van der Waals surface area (Å²) in [6, 6.07) is 5.60. The first-order valence-corrected chi connectivity index (χ1v) is 5.02. The summed E-state index contributed by atoms with van der Waals surface area (Å²) in [7, 11) is 0. The molecule has 3 N–H and O–H groups in total. The molecule has 0 heterocycles. The van der Waals surface area contributed by atoms with Crippen molar-refractivity contribution in [2.75, 3.05) is 17.6 Å². The summed E-state index contributed by atoms with van der Waals surface area (Å²) in [4.78, 5) is 0. The van der Waals surface area contributed by atoms with E-state index in [1.165, 1.54) is 0 Å². The van der Waals surface area contributed by atoms with E-state index in [1.54, 1.807) is 6.07 Å². The molecule has 76 valence electrons. The topological polar surface area (TPSA) is 38.0 Å².